The first kappa shape index (κ1) is 15.4. The Labute approximate surface area is 132 Å². The lowest BCUT2D eigenvalue weighted by atomic mass is 10.00. The van der Waals surface area contributed by atoms with Crippen molar-refractivity contribution in [2.75, 3.05) is 20.2 Å². The van der Waals surface area contributed by atoms with Crippen molar-refractivity contribution in [1.29, 1.82) is 0 Å². The number of nitrogens with one attached hydrogen (secondary N) is 1. The van der Waals surface area contributed by atoms with E-state index in [4.69, 9.17) is 4.74 Å². The molecule has 1 aliphatic heterocycles. The number of amides is 1. The smallest absolute Gasteiger partial charge is 0.227 e. The van der Waals surface area contributed by atoms with E-state index in [0.29, 0.717) is 24.2 Å². The predicted molar refractivity (Wildman–Crippen MR) is 78.1 cm³/mol. The molecule has 122 valence electrons. The molecule has 1 fully saturated rings. The van der Waals surface area contributed by atoms with Crippen molar-refractivity contribution in [1.82, 2.24) is 20.3 Å². The standard InChI is InChI=1S/C15H17FN4O3/c1-23-12-3-2-10(6-11(12)16)7-14(21)20-5-4-15(22,9-20)13-8-17-19-18-13/h2-3,6,8,22H,4-5,7,9H2,1H3,(H,17,18,19). The van der Waals surface area contributed by atoms with Crippen LogP contribution in [0.15, 0.2) is 24.4 Å². The zero-order chi connectivity index (χ0) is 16.4. The quantitative estimate of drug-likeness (QED) is 0.861. The molecule has 0 bridgehead atoms. The van der Waals surface area contributed by atoms with Gasteiger partial charge in [-0.2, -0.15) is 15.4 Å². The molecule has 1 atom stereocenters. The van der Waals surface area contributed by atoms with Gasteiger partial charge < -0.3 is 14.7 Å². The summed E-state index contributed by atoms with van der Waals surface area (Å²) >= 11 is 0. The van der Waals surface area contributed by atoms with Crippen molar-refractivity contribution < 1.29 is 19.0 Å². The van der Waals surface area contributed by atoms with E-state index < -0.39 is 11.4 Å². The molecule has 1 aromatic carbocycles. The summed E-state index contributed by atoms with van der Waals surface area (Å²) in [7, 11) is 1.39. The third-order valence-electron chi connectivity index (χ3n) is 4.06. The van der Waals surface area contributed by atoms with E-state index in [1.165, 1.54) is 25.4 Å². The van der Waals surface area contributed by atoms with Gasteiger partial charge in [-0.15, -0.1) is 0 Å². The van der Waals surface area contributed by atoms with Gasteiger partial charge in [-0.1, -0.05) is 6.07 Å². The second-order valence-electron chi connectivity index (χ2n) is 5.60. The summed E-state index contributed by atoms with van der Waals surface area (Å²) in [6.45, 7) is 0.567. The van der Waals surface area contributed by atoms with Gasteiger partial charge in [0.25, 0.3) is 0 Å². The molecule has 0 radical (unpaired) electrons. The first-order valence-electron chi connectivity index (χ1n) is 7.21. The zero-order valence-electron chi connectivity index (χ0n) is 12.6. The lowest BCUT2D eigenvalue weighted by molar-refractivity contribution is -0.130. The number of benzene rings is 1. The van der Waals surface area contributed by atoms with Gasteiger partial charge in [0, 0.05) is 13.0 Å². The van der Waals surface area contributed by atoms with Crippen LogP contribution in [-0.2, 0) is 16.8 Å². The number of halogens is 1. The minimum absolute atomic E-state index is 0.0653. The Morgan fingerprint density at radius 3 is 3.04 bits per heavy atom. The topological polar surface area (TPSA) is 91.3 Å². The molecule has 0 saturated carbocycles. The molecule has 1 amide bonds. The third-order valence-corrected chi connectivity index (χ3v) is 4.06. The van der Waals surface area contributed by atoms with Gasteiger partial charge in [0.15, 0.2) is 11.6 Å². The van der Waals surface area contributed by atoms with Crippen LogP contribution in [0.3, 0.4) is 0 Å². The first-order chi connectivity index (χ1) is 11.0. The van der Waals surface area contributed by atoms with E-state index in [0.717, 1.165) is 0 Å². The van der Waals surface area contributed by atoms with Crippen LogP contribution in [0.4, 0.5) is 4.39 Å². The Morgan fingerprint density at radius 2 is 2.39 bits per heavy atom. The van der Waals surface area contributed by atoms with Crippen LogP contribution >= 0.6 is 0 Å². The summed E-state index contributed by atoms with van der Waals surface area (Å²) in [5.41, 5.74) is -0.207. The van der Waals surface area contributed by atoms with Crippen molar-refractivity contribution in [2.24, 2.45) is 0 Å². The molecule has 1 aromatic heterocycles. The van der Waals surface area contributed by atoms with Gasteiger partial charge in [-0.3, -0.25) is 4.79 Å². The fraction of sp³-hybridized carbons (Fsp3) is 0.400. The largest absolute Gasteiger partial charge is 0.494 e. The summed E-state index contributed by atoms with van der Waals surface area (Å²) in [4.78, 5) is 13.9. The fourth-order valence-electron chi connectivity index (χ4n) is 2.75. The maximum Gasteiger partial charge on any atom is 0.227 e. The van der Waals surface area contributed by atoms with Crippen molar-refractivity contribution in [3.63, 3.8) is 0 Å². The number of methoxy groups -OCH3 is 1. The molecular weight excluding hydrogens is 303 g/mol. The van der Waals surface area contributed by atoms with Gasteiger partial charge in [-0.25, -0.2) is 4.39 Å². The molecular formula is C15H17FN4O3. The Hall–Kier alpha value is -2.48. The predicted octanol–water partition coefficient (Wildman–Crippen LogP) is 0.615. The van der Waals surface area contributed by atoms with Crippen molar-refractivity contribution >= 4 is 5.91 Å². The lowest BCUT2D eigenvalue weighted by Crippen LogP contribution is -2.35. The number of nitrogens with zero attached hydrogens (tertiary/aromatic N) is 3. The molecule has 1 saturated heterocycles. The van der Waals surface area contributed by atoms with Gasteiger partial charge >= 0.3 is 0 Å². The number of H-pyrrole nitrogens is 1. The Bertz CT molecular complexity index is 707. The fourth-order valence-corrected chi connectivity index (χ4v) is 2.75. The number of rotatable bonds is 4. The molecule has 23 heavy (non-hydrogen) atoms. The van der Waals surface area contributed by atoms with Crippen molar-refractivity contribution in [3.8, 4) is 5.75 Å². The van der Waals surface area contributed by atoms with Crippen molar-refractivity contribution in [3.05, 3.63) is 41.5 Å². The number of ether oxygens (including phenoxy) is 1. The monoisotopic (exact) mass is 320 g/mol. The first-order valence-corrected chi connectivity index (χ1v) is 7.21. The molecule has 1 unspecified atom stereocenters. The number of β-amino-alcohol motifs (C(OH)–C–C–N with tert-alkyl or cyclic N) is 1. The van der Waals surface area contributed by atoms with Gasteiger partial charge in [0.2, 0.25) is 5.91 Å². The minimum Gasteiger partial charge on any atom is -0.494 e. The number of carbonyl (C=O) groups excluding carboxylic acids is 1. The molecule has 2 N–H and O–H groups in total. The SMILES string of the molecule is COc1ccc(CC(=O)N2CCC(O)(c3cn[nH]n3)C2)cc1F. The van der Waals surface area contributed by atoms with Crippen LogP contribution in [0.25, 0.3) is 0 Å². The van der Waals surface area contributed by atoms with E-state index >= 15 is 0 Å². The molecule has 0 aliphatic carbocycles. The van der Waals surface area contributed by atoms with Crippen LogP contribution in [-0.4, -0.2) is 51.5 Å². The Kier molecular flexibility index (Phi) is 3.99. The summed E-state index contributed by atoms with van der Waals surface area (Å²) < 4.78 is 18.5. The molecule has 0 spiro atoms. The van der Waals surface area contributed by atoms with Crippen LogP contribution in [0.2, 0.25) is 0 Å². The molecule has 2 aromatic rings. The number of likely N-dealkylation sites (tertiary alicyclic amines) is 1. The highest BCUT2D eigenvalue weighted by Crippen LogP contribution is 2.30. The van der Waals surface area contributed by atoms with Gasteiger partial charge in [-0.05, 0) is 17.7 Å². The number of carbonyl (C=O) groups is 1. The number of hydrogen-bond donors (Lipinski definition) is 2. The van der Waals surface area contributed by atoms with Crippen LogP contribution < -0.4 is 4.74 Å². The number of aliphatic hydroxyl groups is 1. The van der Waals surface area contributed by atoms with E-state index in [-0.39, 0.29) is 24.6 Å². The third kappa shape index (κ3) is 3.02. The molecule has 1 aliphatic rings. The highest BCUT2D eigenvalue weighted by Gasteiger charge is 2.41. The second kappa shape index (κ2) is 5.96. The highest BCUT2D eigenvalue weighted by atomic mass is 19.1. The van der Waals surface area contributed by atoms with Crippen LogP contribution in [0.1, 0.15) is 17.7 Å². The van der Waals surface area contributed by atoms with Gasteiger partial charge in [0.1, 0.15) is 11.3 Å². The number of aromatic amines is 1. The van der Waals surface area contributed by atoms with E-state index in [1.807, 2.05) is 0 Å². The number of aromatic nitrogens is 3. The maximum absolute atomic E-state index is 13.7. The van der Waals surface area contributed by atoms with Crippen LogP contribution in [0.5, 0.6) is 5.75 Å². The van der Waals surface area contributed by atoms with Crippen molar-refractivity contribution in [2.45, 2.75) is 18.4 Å². The number of hydrogen-bond acceptors (Lipinski definition) is 5. The average Bonchev–Trinajstić information content (AvgIpc) is 3.18. The zero-order valence-corrected chi connectivity index (χ0v) is 12.6. The Balaban J connectivity index is 1.67. The second-order valence-corrected chi connectivity index (χ2v) is 5.60. The molecule has 3 rings (SSSR count). The molecule has 2 heterocycles. The summed E-state index contributed by atoms with van der Waals surface area (Å²) in [6.07, 6.45) is 1.91. The Morgan fingerprint density at radius 1 is 1.57 bits per heavy atom. The molecule has 8 heteroatoms. The van der Waals surface area contributed by atoms with Crippen LogP contribution in [0, 0.1) is 5.82 Å². The summed E-state index contributed by atoms with van der Waals surface area (Å²) in [6, 6.07) is 4.43. The maximum atomic E-state index is 13.7. The normalized spacial score (nSPS) is 20.7. The minimum atomic E-state index is -1.19. The summed E-state index contributed by atoms with van der Waals surface area (Å²) in [5, 5.41) is 20.6. The van der Waals surface area contributed by atoms with Gasteiger partial charge in [0.05, 0.1) is 26.3 Å². The highest BCUT2D eigenvalue weighted by molar-refractivity contribution is 5.79. The van der Waals surface area contributed by atoms with E-state index in [9.17, 15) is 14.3 Å². The lowest BCUT2D eigenvalue weighted by Gasteiger charge is -2.21. The van der Waals surface area contributed by atoms with E-state index in [2.05, 4.69) is 15.4 Å². The summed E-state index contributed by atoms with van der Waals surface area (Å²) in [5.74, 6) is -0.532. The molecule has 7 nitrogen and oxygen atoms in total. The average molecular weight is 320 g/mol. The van der Waals surface area contributed by atoms with E-state index in [1.54, 1.807) is 11.0 Å².